The van der Waals surface area contributed by atoms with Crippen LogP contribution in [0.3, 0.4) is 0 Å². The predicted molar refractivity (Wildman–Crippen MR) is 64.9 cm³/mol. The molecule has 2 heterocycles. The summed E-state index contributed by atoms with van der Waals surface area (Å²) in [5, 5.41) is 4.15. The molecule has 0 aliphatic heterocycles. The third-order valence-corrected chi connectivity index (χ3v) is 3.51. The lowest BCUT2D eigenvalue weighted by Gasteiger charge is -1.99. The monoisotopic (exact) mass is 221 g/mol. The van der Waals surface area contributed by atoms with E-state index in [2.05, 4.69) is 24.2 Å². The first-order valence-electron chi connectivity index (χ1n) is 5.09. The summed E-state index contributed by atoms with van der Waals surface area (Å²) in [7, 11) is 1.92. The first-order chi connectivity index (χ1) is 7.22. The minimum absolute atomic E-state index is 0.752. The van der Waals surface area contributed by atoms with Crippen LogP contribution in [0.4, 0.5) is 5.69 Å². The van der Waals surface area contributed by atoms with Crippen molar-refractivity contribution in [1.82, 2.24) is 9.78 Å². The van der Waals surface area contributed by atoms with Gasteiger partial charge < -0.3 is 5.73 Å². The van der Waals surface area contributed by atoms with Gasteiger partial charge >= 0.3 is 0 Å². The van der Waals surface area contributed by atoms with E-state index in [0.717, 1.165) is 17.8 Å². The van der Waals surface area contributed by atoms with Crippen molar-refractivity contribution in [3.8, 4) is 10.6 Å². The van der Waals surface area contributed by atoms with Crippen molar-refractivity contribution in [2.45, 2.75) is 19.8 Å². The third kappa shape index (κ3) is 1.90. The lowest BCUT2D eigenvalue weighted by molar-refractivity contribution is 0.777. The molecule has 0 spiro atoms. The molecular weight excluding hydrogens is 206 g/mol. The fraction of sp³-hybridized carbons (Fsp3) is 0.364. The summed E-state index contributed by atoms with van der Waals surface area (Å²) in [4.78, 5) is 2.61. The highest BCUT2D eigenvalue weighted by Gasteiger charge is 2.10. The molecule has 0 aromatic carbocycles. The largest absolute Gasteiger partial charge is 0.396 e. The first-order valence-corrected chi connectivity index (χ1v) is 5.90. The number of aromatic nitrogens is 2. The number of nitrogens with zero attached hydrogens (tertiary/aromatic N) is 2. The summed E-state index contributed by atoms with van der Waals surface area (Å²) >= 11 is 1.80. The van der Waals surface area contributed by atoms with Crippen molar-refractivity contribution in [2.75, 3.05) is 5.73 Å². The quantitative estimate of drug-likeness (QED) is 0.866. The molecule has 0 atom stereocenters. The molecule has 0 aliphatic carbocycles. The Balaban J connectivity index is 2.37. The highest BCUT2D eigenvalue weighted by molar-refractivity contribution is 7.15. The summed E-state index contributed by atoms with van der Waals surface area (Å²) in [6.07, 6.45) is 4.03. The number of aryl methyl sites for hydroxylation is 2. The van der Waals surface area contributed by atoms with Crippen LogP contribution in [-0.2, 0) is 13.5 Å². The zero-order chi connectivity index (χ0) is 10.8. The average Bonchev–Trinajstić information content (AvgIpc) is 2.75. The van der Waals surface area contributed by atoms with Crippen LogP contribution >= 0.6 is 11.3 Å². The third-order valence-electron chi connectivity index (χ3n) is 2.36. The predicted octanol–water partition coefficient (Wildman–Crippen LogP) is 2.68. The maximum absolute atomic E-state index is 5.88. The van der Waals surface area contributed by atoms with Crippen LogP contribution in [0.15, 0.2) is 18.3 Å². The van der Waals surface area contributed by atoms with E-state index in [0.29, 0.717) is 0 Å². The van der Waals surface area contributed by atoms with Crippen LogP contribution in [-0.4, -0.2) is 9.78 Å². The summed E-state index contributed by atoms with van der Waals surface area (Å²) < 4.78 is 1.83. The highest BCUT2D eigenvalue weighted by Crippen LogP contribution is 2.31. The van der Waals surface area contributed by atoms with Crippen LogP contribution in [0.2, 0.25) is 0 Å². The Bertz CT molecular complexity index is 437. The van der Waals surface area contributed by atoms with Crippen LogP contribution in [0, 0.1) is 0 Å². The molecule has 0 aliphatic rings. The van der Waals surface area contributed by atoms with E-state index < -0.39 is 0 Å². The Labute approximate surface area is 93.5 Å². The van der Waals surface area contributed by atoms with Gasteiger partial charge in [0.2, 0.25) is 0 Å². The van der Waals surface area contributed by atoms with E-state index in [1.807, 2.05) is 11.7 Å². The minimum atomic E-state index is 0.752. The topological polar surface area (TPSA) is 43.8 Å². The van der Waals surface area contributed by atoms with Gasteiger partial charge in [0.05, 0.1) is 16.8 Å². The van der Waals surface area contributed by atoms with E-state index in [1.54, 1.807) is 17.5 Å². The zero-order valence-electron chi connectivity index (χ0n) is 9.03. The Morgan fingerprint density at radius 1 is 1.47 bits per heavy atom. The Hall–Kier alpha value is -1.29. The molecule has 2 aromatic rings. The summed E-state index contributed by atoms with van der Waals surface area (Å²) in [5.41, 5.74) is 7.66. The molecule has 2 aromatic heterocycles. The minimum Gasteiger partial charge on any atom is -0.396 e. The van der Waals surface area contributed by atoms with Gasteiger partial charge in [0.15, 0.2) is 0 Å². The Morgan fingerprint density at radius 3 is 2.87 bits per heavy atom. The van der Waals surface area contributed by atoms with E-state index in [1.165, 1.54) is 16.2 Å². The van der Waals surface area contributed by atoms with Gasteiger partial charge in [-0.15, -0.1) is 11.3 Å². The molecule has 0 saturated carbocycles. The van der Waals surface area contributed by atoms with Gasteiger partial charge in [0.25, 0.3) is 0 Å². The Kier molecular flexibility index (Phi) is 2.77. The maximum atomic E-state index is 5.88. The fourth-order valence-electron chi connectivity index (χ4n) is 1.64. The molecule has 0 bridgehead atoms. The number of thiophene rings is 1. The number of hydrogen-bond donors (Lipinski definition) is 1. The van der Waals surface area contributed by atoms with Gasteiger partial charge in [-0.05, 0) is 18.6 Å². The molecule has 0 unspecified atom stereocenters. The molecule has 2 N–H and O–H groups in total. The number of hydrogen-bond acceptors (Lipinski definition) is 3. The van der Waals surface area contributed by atoms with Crippen molar-refractivity contribution >= 4 is 17.0 Å². The van der Waals surface area contributed by atoms with Gasteiger partial charge in [-0.3, -0.25) is 4.68 Å². The van der Waals surface area contributed by atoms with Crippen molar-refractivity contribution in [2.24, 2.45) is 7.05 Å². The molecule has 4 heteroatoms. The second kappa shape index (κ2) is 4.06. The van der Waals surface area contributed by atoms with Gasteiger partial charge in [0.1, 0.15) is 5.69 Å². The van der Waals surface area contributed by atoms with Gasteiger partial charge in [-0.25, -0.2) is 0 Å². The number of anilines is 1. The SMILES string of the molecule is CCCc1ccc(-c2c(N)cnn2C)s1. The maximum Gasteiger partial charge on any atom is 0.101 e. The first kappa shape index (κ1) is 10.2. The van der Waals surface area contributed by atoms with Crippen molar-refractivity contribution in [3.05, 3.63) is 23.2 Å². The number of nitrogens with two attached hydrogens (primary N) is 1. The molecule has 0 fully saturated rings. The number of nitrogen functional groups attached to an aromatic ring is 1. The van der Waals surface area contributed by atoms with Crippen LogP contribution in [0.25, 0.3) is 10.6 Å². The molecule has 3 nitrogen and oxygen atoms in total. The Morgan fingerprint density at radius 2 is 2.27 bits per heavy atom. The lowest BCUT2D eigenvalue weighted by atomic mass is 10.2. The average molecular weight is 221 g/mol. The summed E-state index contributed by atoms with van der Waals surface area (Å²) in [6.45, 7) is 2.19. The second-order valence-corrected chi connectivity index (χ2v) is 4.76. The normalized spacial score (nSPS) is 10.8. The lowest BCUT2D eigenvalue weighted by Crippen LogP contribution is -1.93. The second-order valence-electron chi connectivity index (χ2n) is 3.59. The summed E-state index contributed by atoms with van der Waals surface area (Å²) in [6, 6.07) is 4.30. The van der Waals surface area contributed by atoms with Crippen LogP contribution < -0.4 is 5.73 Å². The zero-order valence-corrected chi connectivity index (χ0v) is 9.84. The smallest absolute Gasteiger partial charge is 0.101 e. The molecule has 2 rings (SSSR count). The van der Waals surface area contributed by atoms with E-state index in [-0.39, 0.29) is 0 Å². The standard InChI is InChI=1S/C11H15N3S/c1-3-4-8-5-6-10(15-8)11-9(12)7-13-14(11)2/h5-7H,3-4,12H2,1-2H3. The van der Waals surface area contributed by atoms with Gasteiger partial charge in [-0.1, -0.05) is 13.3 Å². The number of rotatable bonds is 3. The molecule has 0 amide bonds. The highest BCUT2D eigenvalue weighted by atomic mass is 32.1. The van der Waals surface area contributed by atoms with Crippen LogP contribution in [0.1, 0.15) is 18.2 Å². The molecule has 0 saturated heterocycles. The van der Waals surface area contributed by atoms with Crippen molar-refractivity contribution in [1.29, 1.82) is 0 Å². The van der Waals surface area contributed by atoms with Gasteiger partial charge in [-0.2, -0.15) is 5.10 Å². The van der Waals surface area contributed by atoms with Gasteiger partial charge in [0, 0.05) is 11.9 Å². The van der Waals surface area contributed by atoms with E-state index in [9.17, 15) is 0 Å². The van der Waals surface area contributed by atoms with E-state index in [4.69, 9.17) is 5.73 Å². The fourth-order valence-corrected chi connectivity index (χ4v) is 2.85. The van der Waals surface area contributed by atoms with E-state index >= 15 is 0 Å². The molecule has 0 radical (unpaired) electrons. The van der Waals surface area contributed by atoms with Crippen LogP contribution in [0.5, 0.6) is 0 Å². The molecule has 15 heavy (non-hydrogen) atoms. The molecule has 80 valence electrons. The molecular formula is C11H15N3S. The van der Waals surface area contributed by atoms with Crippen molar-refractivity contribution in [3.63, 3.8) is 0 Å². The van der Waals surface area contributed by atoms with Crippen molar-refractivity contribution < 1.29 is 0 Å². The summed E-state index contributed by atoms with van der Waals surface area (Å²) in [5.74, 6) is 0.